The molecule has 1 fully saturated rings. The number of rotatable bonds is 4. The molecule has 2 amide bonds. The van der Waals surface area contributed by atoms with E-state index in [4.69, 9.17) is 5.73 Å². The number of carbonyl (C=O) groups excluding carboxylic acids is 2. The van der Waals surface area contributed by atoms with Crippen LogP contribution in [0, 0.1) is 17.6 Å². The zero-order chi connectivity index (χ0) is 16.1. The molecule has 120 valence electrons. The number of hydrogen-bond acceptors (Lipinski definition) is 3. The first-order valence-corrected chi connectivity index (χ1v) is 7.25. The fraction of sp³-hybridized carbons (Fsp3) is 0.467. The summed E-state index contributed by atoms with van der Waals surface area (Å²) in [5, 5.41) is 2.69. The van der Waals surface area contributed by atoms with E-state index in [1.165, 1.54) is 4.90 Å². The highest BCUT2D eigenvalue weighted by molar-refractivity contribution is 5.95. The van der Waals surface area contributed by atoms with Crippen LogP contribution in [0.5, 0.6) is 0 Å². The van der Waals surface area contributed by atoms with Crippen molar-refractivity contribution in [2.45, 2.75) is 12.8 Å². The van der Waals surface area contributed by atoms with Gasteiger partial charge in [0.1, 0.15) is 11.6 Å². The fourth-order valence-electron chi connectivity index (χ4n) is 2.55. The topological polar surface area (TPSA) is 75.4 Å². The first-order chi connectivity index (χ1) is 10.5. The van der Waals surface area contributed by atoms with Crippen molar-refractivity contribution in [3.8, 4) is 0 Å². The number of nitrogens with two attached hydrogens (primary N) is 1. The molecule has 1 heterocycles. The number of amides is 2. The molecule has 1 atom stereocenters. The largest absolute Gasteiger partial charge is 0.355 e. The highest BCUT2D eigenvalue weighted by atomic mass is 19.1. The Hall–Kier alpha value is -2.02. The van der Waals surface area contributed by atoms with Gasteiger partial charge in [-0.15, -0.1) is 0 Å². The summed E-state index contributed by atoms with van der Waals surface area (Å²) in [5.74, 6) is -2.62. The molecule has 1 aromatic carbocycles. The summed E-state index contributed by atoms with van der Waals surface area (Å²) >= 11 is 0. The zero-order valence-electron chi connectivity index (χ0n) is 12.1. The normalized spacial score (nSPS) is 18.1. The summed E-state index contributed by atoms with van der Waals surface area (Å²) in [5.41, 5.74) is 5.16. The van der Waals surface area contributed by atoms with Gasteiger partial charge in [0.25, 0.3) is 5.91 Å². The third-order valence-corrected chi connectivity index (χ3v) is 3.68. The molecule has 22 heavy (non-hydrogen) atoms. The van der Waals surface area contributed by atoms with Crippen LogP contribution in [0.15, 0.2) is 18.2 Å². The number of nitrogens with one attached hydrogen (secondary N) is 1. The molecule has 1 aromatic rings. The Morgan fingerprint density at radius 3 is 2.82 bits per heavy atom. The minimum atomic E-state index is -0.889. The lowest BCUT2D eigenvalue weighted by Gasteiger charge is -2.32. The molecular formula is C15H19F2N3O2. The number of halogens is 2. The Labute approximate surface area is 127 Å². The van der Waals surface area contributed by atoms with Gasteiger partial charge in [0.2, 0.25) is 5.91 Å². The second-order valence-electron chi connectivity index (χ2n) is 5.29. The van der Waals surface area contributed by atoms with E-state index in [1.807, 2.05) is 0 Å². The van der Waals surface area contributed by atoms with Crippen LogP contribution in [0.2, 0.25) is 0 Å². The van der Waals surface area contributed by atoms with E-state index >= 15 is 0 Å². The van der Waals surface area contributed by atoms with E-state index in [1.54, 1.807) is 0 Å². The van der Waals surface area contributed by atoms with Crippen molar-refractivity contribution in [2.75, 3.05) is 26.2 Å². The number of benzene rings is 1. The number of nitrogens with zero attached hydrogens (tertiary/aromatic N) is 1. The van der Waals surface area contributed by atoms with Gasteiger partial charge >= 0.3 is 0 Å². The molecule has 3 N–H and O–H groups in total. The maximum absolute atomic E-state index is 13.7. The maximum Gasteiger partial charge on any atom is 0.256 e. The Kier molecular flexibility index (Phi) is 5.43. The van der Waals surface area contributed by atoms with Crippen LogP contribution in [-0.4, -0.2) is 42.9 Å². The van der Waals surface area contributed by atoms with Gasteiger partial charge in [-0.1, -0.05) is 0 Å². The van der Waals surface area contributed by atoms with Crippen molar-refractivity contribution in [2.24, 2.45) is 11.7 Å². The fourth-order valence-corrected chi connectivity index (χ4v) is 2.55. The second-order valence-corrected chi connectivity index (χ2v) is 5.29. The molecule has 5 nitrogen and oxygen atoms in total. The van der Waals surface area contributed by atoms with Crippen LogP contribution < -0.4 is 11.1 Å². The van der Waals surface area contributed by atoms with Crippen molar-refractivity contribution in [3.63, 3.8) is 0 Å². The van der Waals surface area contributed by atoms with E-state index in [0.717, 1.165) is 12.1 Å². The van der Waals surface area contributed by atoms with Gasteiger partial charge in [0.15, 0.2) is 0 Å². The number of piperidine rings is 1. The Balaban J connectivity index is 2.05. The van der Waals surface area contributed by atoms with E-state index in [9.17, 15) is 18.4 Å². The van der Waals surface area contributed by atoms with Gasteiger partial charge in [-0.05, 0) is 25.0 Å². The van der Waals surface area contributed by atoms with E-state index < -0.39 is 17.5 Å². The molecule has 0 aliphatic carbocycles. The smallest absolute Gasteiger partial charge is 0.256 e. The van der Waals surface area contributed by atoms with Crippen LogP contribution in [-0.2, 0) is 4.79 Å². The number of carbonyl (C=O) groups is 2. The molecule has 1 saturated heterocycles. The standard InChI is InChI=1S/C15H19F2N3O2/c16-11-3-4-12(13(17)8-11)15(22)20-7-1-2-10(9-20)14(21)19-6-5-18/h3-4,8,10H,1-2,5-7,9,18H2,(H,19,21). The van der Waals surface area contributed by atoms with Gasteiger partial charge in [0, 0.05) is 32.2 Å². The molecular weight excluding hydrogens is 292 g/mol. The highest BCUT2D eigenvalue weighted by Gasteiger charge is 2.29. The SMILES string of the molecule is NCCNC(=O)C1CCCN(C(=O)c2ccc(F)cc2F)C1. The summed E-state index contributed by atoms with van der Waals surface area (Å²) in [6, 6.07) is 2.86. The molecule has 1 unspecified atom stereocenters. The van der Waals surface area contributed by atoms with Gasteiger partial charge in [-0.2, -0.15) is 0 Å². The molecule has 0 spiro atoms. The molecule has 1 aliphatic rings. The predicted octanol–water partition coefficient (Wildman–Crippen LogP) is 0.892. The van der Waals surface area contributed by atoms with Gasteiger partial charge in [0.05, 0.1) is 11.5 Å². The molecule has 0 saturated carbocycles. The minimum absolute atomic E-state index is 0.150. The van der Waals surface area contributed by atoms with Crippen LogP contribution in [0.3, 0.4) is 0 Å². The van der Waals surface area contributed by atoms with Crippen molar-refractivity contribution in [3.05, 3.63) is 35.4 Å². The van der Waals surface area contributed by atoms with Crippen molar-refractivity contribution < 1.29 is 18.4 Å². The summed E-state index contributed by atoms with van der Waals surface area (Å²) in [7, 11) is 0. The first-order valence-electron chi connectivity index (χ1n) is 7.25. The first kappa shape index (κ1) is 16.4. The molecule has 7 heteroatoms. The third-order valence-electron chi connectivity index (χ3n) is 3.68. The van der Waals surface area contributed by atoms with Gasteiger partial charge in [-0.25, -0.2) is 8.78 Å². The van der Waals surface area contributed by atoms with Crippen LogP contribution in [0.1, 0.15) is 23.2 Å². The quantitative estimate of drug-likeness (QED) is 0.867. The van der Waals surface area contributed by atoms with E-state index in [0.29, 0.717) is 38.5 Å². The second kappa shape index (κ2) is 7.31. The lowest BCUT2D eigenvalue weighted by Crippen LogP contribution is -2.46. The monoisotopic (exact) mass is 311 g/mol. The molecule has 0 radical (unpaired) electrons. The number of likely N-dealkylation sites (tertiary alicyclic amines) is 1. The van der Waals surface area contributed by atoms with E-state index in [2.05, 4.69) is 5.32 Å². The van der Waals surface area contributed by atoms with Crippen LogP contribution in [0.4, 0.5) is 8.78 Å². The summed E-state index contributed by atoms with van der Waals surface area (Å²) in [4.78, 5) is 25.7. The minimum Gasteiger partial charge on any atom is -0.355 e. The van der Waals surface area contributed by atoms with E-state index in [-0.39, 0.29) is 23.9 Å². The summed E-state index contributed by atoms with van der Waals surface area (Å²) in [6.07, 6.45) is 1.33. The lowest BCUT2D eigenvalue weighted by atomic mass is 9.96. The average Bonchev–Trinajstić information content (AvgIpc) is 2.52. The zero-order valence-corrected chi connectivity index (χ0v) is 12.1. The van der Waals surface area contributed by atoms with Crippen LogP contribution in [0.25, 0.3) is 0 Å². The third kappa shape index (κ3) is 3.79. The van der Waals surface area contributed by atoms with Gasteiger partial charge in [-0.3, -0.25) is 9.59 Å². The molecule has 1 aliphatic heterocycles. The summed E-state index contributed by atoms with van der Waals surface area (Å²) in [6.45, 7) is 1.42. The molecule has 0 bridgehead atoms. The predicted molar refractivity (Wildman–Crippen MR) is 77.0 cm³/mol. The molecule has 2 rings (SSSR count). The molecule has 0 aromatic heterocycles. The number of hydrogen-bond donors (Lipinski definition) is 2. The Morgan fingerprint density at radius 1 is 1.36 bits per heavy atom. The Morgan fingerprint density at radius 2 is 2.14 bits per heavy atom. The van der Waals surface area contributed by atoms with Crippen molar-refractivity contribution in [1.82, 2.24) is 10.2 Å². The Bertz CT molecular complexity index is 566. The van der Waals surface area contributed by atoms with Crippen LogP contribution >= 0.6 is 0 Å². The van der Waals surface area contributed by atoms with Crippen molar-refractivity contribution in [1.29, 1.82) is 0 Å². The average molecular weight is 311 g/mol. The highest BCUT2D eigenvalue weighted by Crippen LogP contribution is 2.20. The van der Waals surface area contributed by atoms with Gasteiger partial charge < -0.3 is 16.0 Å². The van der Waals surface area contributed by atoms with Crippen molar-refractivity contribution >= 4 is 11.8 Å². The lowest BCUT2D eigenvalue weighted by molar-refractivity contribution is -0.126. The summed E-state index contributed by atoms with van der Waals surface area (Å²) < 4.78 is 26.6. The maximum atomic E-state index is 13.7.